The molecule has 0 aromatic heterocycles. The SMILES string of the molecule is CC(C)(C(=O)N1CCC2(CCNCC2)CC1)S(C)(=O)=O.Cl. The summed E-state index contributed by atoms with van der Waals surface area (Å²) in [6.07, 6.45) is 5.48. The van der Waals surface area contributed by atoms with Gasteiger partial charge in [-0.15, -0.1) is 12.4 Å². The number of likely N-dealkylation sites (tertiary alicyclic amines) is 1. The van der Waals surface area contributed by atoms with E-state index in [0.29, 0.717) is 18.5 Å². The molecule has 2 rings (SSSR count). The summed E-state index contributed by atoms with van der Waals surface area (Å²) >= 11 is 0. The Hall–Kier alpha value is -0.330. The molecular weight excluding hydrogens is 312 g/mol. The number of carbonyl (C=O) groups excluding carboxylic acids is 1. The van der Waals surface area contributed by atoms with Gasteiger partial charge in [0, 0.05) is 19.3 Å². The van der Waals surface area contributed by atoms with Crippen LogP contribution in [0.3, 0.4) is 0 Å². The second-order valence-corrected chi connectivity index (χ2v) is 9.39. The minimum absolute atomic E-state index is 0. The lowest BCUT2D eigenvalue weighted by molar-refractivity contribution is -0.135. The number of sulfone groups is 1. The molecule has 1 N–H and O–H groups in total. The fourth-order valence-corrected chi connectivity index (χ4v) is 3.63. The number of amides is 1. The first-order valence-corrected chi connectivity index (χ1v) is 9.27. The molecule has 5 nitrogen and oxygen atoms in total. The fourth-order valence-electron chi connectivity index (χ4n) is 3.18. The highest BCUT2D eigenvalue weighted by Crippen LogP contribution is 2.40. The summed E-state index contributed by atoms with van der Waals surface area (Å²) in [5.41, 5.74) is 0.372. The van der Waals surface area contributed by atoms with Crippen molar-refractivity contribution in [1.82, 2.24) is 10.2 Å². The monoisotopic (exact) mass is 338 g/mol. The van der Waals surface area contributed by atoms with Crippen LogP contribution in [0.5, 0.6) is 0 Å². The van der Waals surface area contributed by atoms with E-state index in [2.05, 4.69) is 5.32 Å². The number of hydrogen-bond donors (Lipinski definition) is 1. The number of rotatable bonds is 2. The highest BCUT2D eigenvalue weighted by atomic mass is 35.5. The van der Waals surface area contributed by atoms with E-state index in [9.17, 15) is 13.2 Å². The summed E-state index contributed by atoms with van der Waals surface area (Å²) in [6.45, 7) is 6.53. The molecule has 0 atom stereocenters. The van der Waals surface area contributed by atoms with Crippen molar-refractivity contribution in [2.75, 3.05) is 32.4 Å². The molecule has 1 spiro atoms. The molecule has 0 unspecified atom stereocenters. The van der Waals surface area contributed by atoms with E-state index in [1.54, 1.807) is 4.90 Å². The first kappa shape index (κ1) is 18.7. The van der Waals surface area contributed by atoms with Gasteiger partial charge in [-0.2, -0.15) is 0 Å². The normalized spacial score (nSPS) is 22.7. The Labute approximate surface area is 134 Å². The summed E-state index contributed by atoms with van der Waals surface area (Å²) in [4.78, 5) is 14.2. The maximum atomic E-state index is 12.5. The minimum Gasteiger partial charge on any atom is -0.341 e. The van der Waals surface area contributed by atoms with Crippen molar-refractivity contribution in [2.24, 2.45) is 5.41 Å². The second kappa shape index (κ2) is 6.42. The first-order chi connectivity index (χ1) is 9.18. The van der Waals surface area contributed by atoms with E-state index in [1.165, 1.54) is 26.7 Å². The lowest BCUT2D eigenvalue weighted by Crippen LogP contribution is -2.54. The summed E-state index contributed by atoms with van der Waals surface area (Å²) in [5, 5.41) is 3.37. The Bertz CT molecular complexity index is 474. The van der Waals surface area contributed by atoms with Crippen molar-refractivity contribution in [3.05, 3.63) is 0 Å². The summed E-state index contributed by atoms with van der Waals surface area (Å²) < 4.78 is 22.2. The van der Waals surface area contributed by atoms with Crippen LogP contribution >= 0.6 is 12.4 Å². The molecule has 2 aliphatic rings. The van der Waals surface area contributed by atoms with Gasteiger partial charge >= 0.3 is 0 Å². The molecule has 124 valence electrons. The van der Waals surface area contributed by atoms with Gasteiger partial charge in [-0.05, 0) is 58.0 Å². The average Bonchev–Trinajstić information content (AvgIpc) is 2.38. The molecule has 7 heteroatoms. The van der Waals surface area contributed by atoms with Gasteiger partial charge in [0.05, 0.1) is 0 Å². The van der Waals surface area contributed by atoms with Crippen LogP contribution in [0.25, 0.3) is 0 Å². The van der Waals surface area contributed by atoms with Crippen LogP contribution in [-0.2, 0) is 14.6 Å². The smallest absolute Gasteiger partial charge is 0.243 e. The van der Waals surface area contributed by atoms with Crippen LogP contribution < -0.4 is 5.32 Å². The van der Waals surface area contributed by atoms with Crippen molar-refractivity contribution in [3.63, 3.8) is 0 Å². The van der Waals surface area contributed by atoms with Crippen molar-refractivity contribution >= 4 is 28.2 Å². The largest absolute Gasteiger partial charge is 0.341 e. The Morgan fingerprint density at radius 2 is 1.57 bits per heavy atom. The molecular formula is C14H27ClN2O3S. The Kier molecular flexibility index (Phi) is 5.73. The molecule has 0 aromatic carbocycles. The molecule has 2 aliphatic heterocycles. The second-order valence-electron chi connectivity index (χ2n) is 6.82. The molecule has 2 saturated heterocycles. The average molecular weight is 339 g/mol. The van der Waals surface area contributed by atoms with Crippen molar-refractivity contribution in [3.8, 4) is 0 Å². The van der Waals surface area contributed by atoms with Crippen LogP contribution in [0.1, 0.15) is 39.5 Å². The lowest BCUT2D eigenvalue weighted by atomic mass is 9.71. The summed E-state index contributed by atoms with van der Waals surface area (Å²) in [5.74, 6) is -0.246. The molecule has 21 heavy (non-hydrogen) atoms. The lowest BCUT2D eigenvalue weighted by Gasteiger charge is -2.45. The van der Waals surface area contributed by atoms with Crippen LogP contribution in [0.15, 0.2) is 0 Å². The molecule has 0 saturated carbocycles. The number of hydrogen-bond acceptors (Lipinski definition) is 4. The zero-order valence-electron chi connectivity index (χ0n) is 13.1. The third-order valence-corrected chi connectivity index (χ3v) is 7.25. The van der Waals surface area contributed by atoms with E-state index in [1.807, 2.05) is 0 Å². The predicted octanol–water partition coefficient (Wildman–Crippen LogP) is 1.22. The number of carbonyl (C=O) groups is 1. The van der Waals surface area contributed by atoms with Gasteiger partial charge in [-0.3, -0.25) is 4.79 Å². The van der Waals surface area contributed by atoms with Crippen molar-refractivity contribution in [1.29, 1.82) is 0 Å². The first-order valence-electron chi connectivity index (χ1n) is 7.38. The van der Waals surface area contributed by atoms with E-state index >= 15 is 0 Å². The van der Waals surface area contributed by atoms with Gasteiger partial charge in [0.2, 0.25) is 5.91 Å². The van der Waals surface area contributed by atoms with E-state index in [4.69, 9.17) is 0 Å². The standard InChI is InChI=1S/C14H26N2O3S.ClH/c1-13(2,20(3,18)19)12(17)16-10-6-14(7-11-16)4-8-15-9-5-14;/h15H,4-11H2,1-3H3;1H. The number of halogens is 1. The molecule has 0 aromatic rings. The van der Waals surface area contributed by atoms with Gasteiger partial charge in [-0.1, -0.05) is 0 Å². The zero-order valence-corrected chi connectivity index (χ0v) is 14.8. The van der Waals surface area contributed by atoms with Crippen LogP contribution in [0.2, 0.25) is 0 Å². The third-order valence-electron chi connectivity index (χ3n) is 5.22. The highest BCUT2D eigenvalue weighted by Gasteiger charge is 2.44. The fraction of sp³-hybridized carbons (Fsp3) is 0.929. The van der Waals surface area contributed by atoms with E-state index in [-0.39, 0.29) is 18.3 Å². The Morgan fingerprint density at radius 1 is 1.10 bits per heavy atom. The molecule has 2 fully saturated rings. The van der Waals surface area contributed by atoms with Gasteiger partial charge in [0.25, 0.3) is 0 Å². The minimum atomic E-state index is -3.39. The zero-order chi connectivity index (χ0) is 15.0. The van der Waals surface area contributed by atoms with Crippen molar-refractivity contribution in [2.45, 2.75) is 44.3 Å². The van der Waals surface area contributed by atoms with Crippen molar-refractivity contribution < 1.29 is 13.2 Å². The number of nitrogens with zero attached hydrogens (tertiary/aromatic N) is 1. The molecule has 0 radical (unpaired) electrons. The quantitative estimate of drug-likeness (QED) is 0.822. The molecule has 0 aliphatic carbocycles. The maximum absolute atomic E-state index is 12.5. The van der Waals surface area contributed by atoms with Gasteiger partial charge in [-0.25, -0.2) is 8.42 Å². The van der Waals surface area contributed by atoms with Gasteiger partial charge in [0.1, 0.15) is 4.75 Å². The summed E-state index contributed by atoms with van der Waals surface area (Å²) in [6, 6.07) is 0. The Morgan fingerprint density at radius 3 is 2.00 bits per heavy atom. The van der Waals surface area contributed by atoms with Crippen LogP contribution in [-0.4, -0.2) is 56.4 Å². The summed E-state index contributed by atoms with van der Waals surface area (Å²) in [7, 11) is -3.39. The van der Waals surface area contributed by atoms with E-state index in [0.717, 1.165) is 32.2 Å². The third kappa shape index (κ3) is 3.71. The molecule has 2 heterocycles. The van der Waals surface area contributed by atoms with Gasteiger partial charge in [0.15, 0.2) is 9.84 Å². The predicted molar refractivity (Wildman–Crippen MR) is 86.5 cm³/mol. The van der Waals surface area contributed by atoms with E-state index < -0.39 is 14.6 Å². The highest BCUT2D eigenvalue weighted by molar-refractivity contribution is 7.92. The van der Waals surface area contributed by atoms with Crippen LogP contribution in [0, 0.1) is 5.41 Å². The van der Waals surface area contributed by atoms with Gasteiger partial charge < -0.3 is 10.2 Å². The Balaban J connectivity index is 0.00000220. The topological polar surface area (TPSA) is 66.5 Å². The van der Waals surface area contributed by atoms with Crippen LogP contribution in [0.4, 0.5) is 0 Å². The maximum Gasteiger partial charge on any atom is 0.243 e. The molecule has 1 amide bonds. The number of nitrogens with one attached hydrogen (secondary N) is 1. The number of piperidine rings is 2. The molecule has 0 bridgehead atoms.